The molecule has 0 aromatic carbocycles. The molecule has 2 rings (SSSR count). The minimum absolute atomic E-state index is 0.0518. The second-order valence-electron chi connectivity index (χ2n) is 7.12. The number of aliphatic carboxylic acids is 1. The number of nitrogens with two attached hydrogens (primary N) is 1. The van der Waals surface area contributed by atoms with Crippen LogP contribution < -0.4 is 5.73 Å². The summed E-state index contributed by atoms with van der Waals surface area (Å²) in [5.74, 6) is -0.472. The molecule has 2 aliphatic rings. The third-order valence-electron chi connectivity index (χ3n) is 5.35. The summed E-state index contributed by atoms with van der Waals surface area (Å²) < 4.78 is 0. The molecule has 0 aromatic rings. The van der Waals surface area contributed by atoms with Gasteiger partial charge in [-0.15, -0.1) is 0 Å². The summed E-state index contributed by atoms with van der Waals surface area (Å²) in [6.45, 7) is 4.46. The average molecular weight is 296 g/mol. The highest BCUT2D eigenvalue weighted by Crippen LogP contribution is 2.39. The fourth-order valence-electron chi connectivity index (χ4n) is 3.96. The molecule has 0 aromatic heterocycles. The van der Waals surface area contributed by atoms with E-state index in [-0.39, 0.29) is 12.8 Å². The highest BCUT2D eigenvalue weighted by atomic mass is 16.4. The van der Waals surface area contributed by atoms with E-state index in [1.54, 1.807) is 6.82 Å². The van der Waals surface area contributed by atoms with Gasteiger partial charge >= 0.3 is 5.97 Å². The van der Waals surface area contributed by atoms with Gasteiger partial charge in [-0.05, 0) is 57.4 Å². The fourth-order valence-corrected chi connectivity index (χ4v) is 3.96. The third-order valence-corrected chi connectivity index (χ3v) is 5.35. The van der Waals surface area contributed by atoms with Crippen LogP contribution in [0.2, 0.25) is 13.1 Å². The zero-order chi connectivity index (χ0) is 15.5. The predicted molar refractivity (Wildman–Crippen MR) is 84.3 cm³/mol. The van der Waals surface area contributed by atoms with E-state index in [1.807, 2.05) is 0 Å². The Labute approximate surface area is 128 Å². The van der Waals surface area contributed by atoms with E-state index in [4.69, 9.17) is 5.73 Å². The van der Waals surface area contributed by atoms with Gasteiger partial charge < -0.3 is 20.8 Å². The number of nitrogens with zero attached hydrogens (tertiary/aromatic N) is 1. The minimum Gasteiger partial charge on any atom is -0.480 e. The molecule has 1 aliphatic carbocycles. The monoisotopic (exact) mass is 296 g/mol. The number of carbonyl (C=O) groups is 1. The van der Waals surface area contributed by atoms with Gasteiger partial charge in [0.25, 0.3) is 6.92 Å². The van der Waals surface area contributed by atoms with Crippen molar-refractivity contribution in [3.63, 3.8) is 0 Å². The van der Waals surface area contributed by atoms with Crippen molar-refractivity contribution in [2.75, 3.05) is 19.6 Å². The molecule has 4 N–H and O–H groups in total. The van der Waals surface area contributed by atoms with Crippen molar-refractivity contribution in [2.24, 2.45) is 17.6 Å². The van der Waals surface area contributed by atoms with Gasteiger partial charge in [0, 0.05) is 12.5 Å². The quantitative estimate of drug-likeness (QED) is 0.643. The van der Waals surface area contributed by atoms with Crippen molar-refractivity contribution in [1.82, 2.24) is 4.90 Å². The van der Waals surface area contributed by atoms with Gasteiger partial charge in [-0.1, -0.05) is 13.2 Å². The fraction of sp³-hybridized carbons (Fsp3) is 0.933. The first kappa shape index (κ1) is 16.8. The number of carboxylic acids is 1. The summed E-state index contributed by atoms with van der Waals surface area (Å²) in [7, 11) is 0. The third kappa shape index (κ3) is 4.21. The smallest absolute Gasteiger partial charge is 0.324 e. The largest absolute Gasteiger partial charge is 0.480 e. The molecular formula is C15H29BN2O3. The van der Waals surface area contributed by atoms with E-state index in [2.05, 4.69) is 4.90 Å². The highest BCUT2D eigenvalue weighted by molar-refractivity contribution is 6.48. The minimum atomic E-state index is -1.09. The molecule has 0 bridgehead atoms. The van der Waals surface area contributed by atoms with Gasteiger partial charge in [-0.3, -0.25) is 4.79 Å². The SMILES string of the molecule is CB(O)CCC1CCC(CN2CCCC2)C(N)(C(=O)O)C1. The van der Waals surface area contributed by atoms with Gasteiger partial charge in [-0.2, -0.15) is 0 Å². The summed E-state index contributed by atoms with van der Waals surface area (Å²) in [5.41, 5.74) is 5.24. The van der Waals surface area contributed by atoms with E-state index in [0.717, 1.165) is 45.2 Å². The summed E-state index contributed by atoms with van der Waals surface area (Å²) in [5, 5.41) is 19.1. The van der Waals surface area contributed by atoms with Gasteiger partial charge in [0.05, 0.1) is 0 Å². The average Bonchev–Trinajstić information content (AvgIpc) is 2.92. The second-order valence-corrected chi connectivity index (χ2v) is 7.12. The van der Waals surface area contributed by atoms with Crippen molar-refractivity contribution in [2.45, 2.75) is 57.2 Å². The van der Waals surface area contributed by atoms with Crippen LogP contribution >= 0.6 is 0 Å². The molecule has 3 atom stereocenters. The lowest BCUT2D eigenvalue weighted by Gasteiger charge is -2.43. The van der Waals surface area contributed by atoms with Crippen LogP contribution in [0.15, 0.2) is 0 Å². The van der Waals surface area contributed by atoms with Crippen LogP contribution in [-0.4, -0.2) is 53.1 Å². The highest BCUT2D eigenvalue weighted by Gasteiger charge is 2.47. The maximum Gasteiger partial charge on any atom is 0.324 e. The first-order chi connectivity index (χ1) is 9.91. The van der Waals surface area contributed by atoms with Gasteiger partial charge in [0.2, 0.25) is 0 Å². The van der Waals surface area contributed by atoms with Crippen LogP contribution in [0, 0.1) is 11.8 Å². The van der Waals surface area contributed by atoms with Gasteiger partial charge in [0.1, 0.15) is 5.54 Å². The van der Waals surface area contributed by atoms with E-state index >= 15 is 0 Å². The Morgan fingerprint density at radius 3 is 2.62 bits per heavy atom. The second kappa shape index (κ2) is 7.12. The van der Waals surface area contributed by atoms with Crippen molar-refractivity contribution in [3.8, 4) is 0 Å². The number of rotatable bonds is 6. The molecule has 6 heteroatoms. The molecule has 0 radical (unpaired) electrons. The van der Waals surface area contributed by atoms with Crippen LogP contribution in [0.25, 0.3) is 0 Å². The van der Waals surface area contributed by atoms with Crippen molar-refractivity contribution in [3.05, 3.63) is 0 Å². The van der Waals surface area contributed by atoms with E-state index in [0.29, 0.717) is 12.3 Å². The van der Waals surface area contributed by atoms with Crippen LogP contribution in [0.5, 0.6) is 0 Å². The van der Waals surface area contributed by atoms with E-state index in [1.165, 1.54) is 12.8 Å². The van der Waals surface area contributed by atoms with Crippen LogP contribution in [0.4, 0.5) is 0 Å². The molecule has 1 aliphatic heterocycles. The Hall–Kier alpha value is -0.585. The Kier molecular flexibility index (Phi) is 5.69. The molecule has 1 heterocycles. The van der Waals surface area contributed by atoms with Gasteiger partial charge in [0.15, 0.2) is 0 Å². The van der Waals surface area contributed by atoms with Crippen LogP contribution in [0.3, 0.4) is 0 Å². The summed E-state index contributed by atoms with van der Waals surface area (Å²) in [4.78, 5) is 14.1. The lowest BCUT2D eigenvalue weighted by molar-refractivity contribution is -0.148. The molecule has 5 nitrogen and oxygen atoms in total. The molecule has 0 amide bonds. The number of likely N-dealkylation sites (tertiary alicyclic amines) is 1. The maximum absolute atomic E-state index is 11.8. The molecule has 120 valence electrons. The first-order valence-corrected chi connectivity index (χ1v) is 8.34. The lowest BCUT2D eigenvalue weighted by Crippen LogP contribution is -2.59. The molecular weight excluding hydrogens is 267 g/mol. The number of carboxylic acid groups (broad SMARTS) is 1. The molecule has 0 spiro atoms. The van der Waals surface area contributed by atoms with Crippen molar-refractivity contribution in [1.29, 1.82) is 0 Å². The standard InChI is InChI=1S/C15H29BN2O3/c1-16(21)7-6-12-4-5-13(11-18-8-2-3-9-18)15(17,10-12)14(19)20/h12-13,21H,2-11,17H2,1H3,(H,19,20). The Bertz CT molecular complexity index is 361. The van der Waals surface area contributed by atoms with Gasteiger partial charge in [-0.25, -0.2) is 0 Å². The maximum atomic E-state index is 11.8. The van der Waals surface area contributed by atoms with Crippen LogP contribution in [0.1, 0.15) is 38.5 Å². The predicted octanol–water partition coefficient (Wildman–Crippen LogP) is 1.28. The molecule has 1 saturated heterocycles. The normalized spacial score (nSPS) is 34.0. The number of hydrogen-bond donors (Lipinski definition) is 3. The lowest BCUT2D eigenvalue weighted by atomic mass is 9.62. The zero-order valence-corrected chi connectivity index (χ0v) is 13.1. The van der Waals surface area contributed by atoms with E-state index < -0.39 is 11.5 Å². The van der Waals surface area contributed by atoms with Crippen molar-refractivity contribution >= 4 is 12.9 Å². The Morgan fingerprint density at radius 1 is 1.38 bits per heavy atom. The van der Waals surface area contributed by atoms with Crippen molar-refractivity contribution < 1.29 is 14.9 Å². The topological polar surface area (TPSA) is 86.8 Å². The van der Waals surface area contributed by atoms with Crippen LogP contribution in [-0.2, 0) is 4.79 Å². The molecule has 3 unspecified atom stereocenters. The Balaban J connectivity index is 1.97. The first-order valence-electron chi connectivity index (χ1n) is 8.34. The summed E-state index contributed by atoms with van der Waals surface area (Å²) in [6.07, 6.45) is 6.52. The molecule has 1 saturated carbocycles. The Morgan fingerprint density at radius 2 is 2.05 bits per heavy atom. The molecule has 21 heavy (non-hydrogen) atoms. The summed E-state index contributed by atoms with van der Waals surface area (Å²) >= 11 is 0. The zero-order valence-electron chi connectivity index (χ0n) is 13.1. The van der Waals surface area contributed by atoms with E-state index in [9.17, 15) is 14.9 Å². The summed E-state index contributed by atoms with van der Waals surface area (Å²) in [6, 6.07) is 0. The molecule has 2 fully saturated rings. The number of hydrogen-bond acceptors (Lipinski definition) is 4.